The highest BCUT2D eigenvalue weighted by molar-refractivity contribution is 9.08. The monoisotopic (exact) mass is 338 g/mol. The maximum atomic E-state index is 5.92. The van der Waals surface area contributed by atoms with Crippen LogP contribution in [0, 0.1) is 0 Å². The van der Waals surface area contributed by atoms with Crippen molar-refractivity contribution in [2.45, 2.75) is 18.3 Å². The Kier molecular flexibility index (Phi) is 4.83. The largest absolute Gasteiger partial charge is 0.353 e. The topological polar surface area (TPSA) is 16.1 Å². The van der Waals surface area contributed by atoms with Gasteiger partial charge in [-0.2, -0.15) is 0 Å². The van der Waals surface area contributed by atoms with Gasteiger partial charge in [0.1, 0.15) is 5.82 Å². The third-order valence-corrected chi connectivity index (χ3v) is 4.16. The van der Waals surface area contributed by atoms with Crippen molar-refractivity contribution in [3.8, 4) is 0 Å². The van der Waals surface area contributed by atoms with Crippen LogP contribution in [0.1, 0.15) is 24.1 Å². The molecule has 0 aliphatic carbocycles. The Morgan fingerprint density at radius 1 is 1.21 bits per heavy atom. The lowest BCUT2D eigenvalue weighted by atomic mass is 10.1. The van der Waals surface area contributed by atoms with E-state index in [1.54, 1.807) is 0 Å². The molecule has 19 heavy (non-hydrogen) atoms. The molecule has 0 saturated heterocycles. The van der Waals surface area contributed by atoms with Gasteiger partial charge in [0.15, 0.2) is 0 Å². The number of hydrogen-bond acceptors (Lipinski definition) is 2. The zero-order valence-electron chi connectivity index (χ0n) is 11.0. The highest BCUT2D eigenvalue weighted by Gasteiger charge is 2.13. The fourth-order valence-electron chi connectivity index (χ4n) is 1.87. The van der Waals surface area contributed by atoms with E-state index >= 15 is 0 Å². The van der Waals surface area contributed by atoms with Gasteiger partial charge in [-0.05, 0) is 36.2 Å². The van der Waals surface area contributed by atoms with Crippen LogP contribution in [0.25, 0.3) is 0 Å². The zero-order valence-corrected chi connectivity index (χ0v) is 13.3. The zero-order chi connectivity index (χ0) is 13.8. The summed E-state index contributed by atoms with van der Waals surface area (Å²) in [5, 5.41) is 1.59. The van der Waals surface area contributed by atoms with Gasteiger partial charge in [0.2, 0.25) is 0 Å². The Hall–Kier alpha value is -1.06. The molecule has 1 heterocycles. The Bertz CT molecular complexity index is 525. The van der Waals surface area contributed by atoms with Gasteiger partial charge in [0.05, 0.1) is 6.04 Å². The fraction of sp³-hybridized carbons (Fsp3) is 0.267. The summed E-state index contributed by atoms with van der Waals surface area (Å²) < 4.78 is 0. The molecule has 1 unspecified atom stereocenters. The van der Waals surface area contributed by atoms with Crippen LogP contribution in [0.3, 0.4) is 0 Å². The SMILES string of the molecule is CC(c1ccc(Cl)cc1)N(C)c1ccc(CBr)cn1. The van der Waals surface area contributed by atoms with Crippen LogP contribution in [-0.2, 0) is 5.33 Å². The standard InChI is InChI=1S/C15H16BrClN2/c1-11(13-4-6-14(17)7-5-13)19(2)15-8-3-12(9-16)10-18-15/h3-8,10-11H,9H2,1-2H3. The number of aromatic nitrogens is 1. The molecule has 1 aromatic carbocycles. The molecule has 1 atom stereocenters. The molecular formula is C15H16BrClN2. The molecule has 0 bridgehead atoms. The molecule has 0 radical (unpaired) electrons. The third kappa shape index (κ3) is 3.48. The van der Waals surface area contributed by atoms with Crippen molar-refractivity contribution in [1.82, 2.24) is 4.98 Å². The van der Waals surface area contributed by atoms with E-state index in [0.717, 1.165) is 16.2 Å². The maximum Gasteiger partial charge on any atom is 0.128 e. The maximum absolute atomic E-state index is 5.92. The van der Waals surface area contributed by atoms with Crippen molar-refractivity contribution < 1.29 is 0 Å². The first-order valence-electron chi connectivity index (χ1n) is 6.11. The molecule has 1 aromatic heterocycles. The number of pyridine rings is 1. The van der Waals surface area contributed by atoms with Gasteiger partial charge in [-0.25, -0.2) is 4.98 Å². The summed E-state index contributed by atoms with van der Waals surface area (Å²) >= 11 is 9.34. The minimum absolute atomic E-state index is 0.250. The van der Waals surface area contributed by atoms with Gasteiger partial charge in [-0.1, -0.05) is 45.7 Å². The van der Waals surface area contributed by atoms with E-state index in [1.165, 1.54) is 11.1 Å². The van der Waals surface area contributed by atoms with E-state index in [0.29, 0.717) is 0 Å². The summed E-state index contributed by atoms with van der Waals surface area (Å²) in [6.45, 7) is 2.16. The Morgan fingerprint density at radius 3 is 2.42 bits per heavy atom. The number of halogens is 2. The number of rotatable bonds is 4. The van der Waals surface area contributed by atoms with Crippen molar-refractivity contribution in [2.75, 3.05) is 11.9 Å². The van der Waals surface area contributed by atoms with Crippen molar-refractivity contribution in [3.05, 3.63) is 58.7 Å². The van der Waals surface area contributed by atoms with Gasteiger partial charge in [-0.15, -0.1) is 0 Å². The van der Waals surface area contributed by atoms with Gasteiger partial charge in [0, 0.05) is 23.6 Å². The summed E-state index contributed by atoms with van der Waals surface area (Å²) in [6.07, 6.45) is 1.90. The molecule has 0 fully saturated rings. The van der Waals surface area contributed by atoms with Gasteiger partial charge >= 0.3 is 0 Å². The normalized spacial score (nSPS) is 12.2. The van der Waals surface area contributed by atoms with Gasteiger partial charge in [-0.3, -0.25) is 0 Å². The van der Waals surface area contributed by atoms with Crippen LogP contribution in [0.5, 0.6) is 0 Å². The number of benzene rings is 1. The highest BCUT2D eigenvalue weighted by Crippen LogP contribution is 2.25. The third-order valence-electron chi connectivity index (χ3n) is 3.26. The highest BCUT2D eigenvalue weighted by atomic mass is 79.9. The lowest BCUT2D eigenvalue weighted by molar-refractivity contribution is 0.728. The molecule has 2 nitrogen and oxygen atoms in total. The van der Waals surface area contributed by atoms with E-state index in [9.17, 15) is 0 Å². The molecule has 100 valence electrons. The second kappa shape index (κ2) is 6.40. The van der Waals surface area contributed by atoms with E-state index in [4.69, 9.17) is 11.6 Å². The van der Waals surface area contributed by atoms with E-state index in [2.05, 4.69) is 58.0 Å². The molecule has 0 N–H and O–H groups in total. The summed E-state index contributed by atoms with van der Waals surface area (Å²) in [7, 11) is 2.05. The minimum Gasteiger partial charge on any atom is -0.353 e. The number of hydrogen-bond donors (Lipinski definition) is 0. The molecule has 2 rings (SSSR count). The van der Waals surface area contributed by atoms with E-state index in [1.807, 2.05) is 24.4 Å². The number of alkyl halides is 1. The number of anilines is 1. The molecule has 0 spiro atoms. The molecule has 4 heteroatoms. The molecule has 2 aromatic rings. The summed E-state index contributed by atoms with van der Waals surface area (Å²) in [6, 6.07) is 12.3. The summed E-state index contributed by atoms with van der Waals surface area (Å²) in [5.41, 5.74) is 2.40. The van der Waals surface area contributed by atoms with Crippen LogP contribution >= 0.6 is 27.5 Å². The van der Waals surface area contributed by atoms with Crippen LogP contribution < -0.4 is 4.90 Å². The number of nitrogens with zero attached hydrogens (tertiary/aromatic N) is 2. The van der Waals surface area contributed by atoms with Crippen LogP contribution in [0.4, 0.5) is 5.82 Å². The molecule has 0 saturated carbocycles. The lowest BCUT2D eigenvalue weighted by Gasteiger charge is -2.26. The fourth-order valence-corrected chi connectivity index (χ4v) is 2.33. The van der Waals surface area contributed by atoms with Crippen molar-refractivity contribution in [2.24, 2.45) is 0 Å². The first-order chi connectivity index (χ1) is 9.11. The predicted octanol–water partition coefficient (Wildman–Crippen LogP) is 4.83. The second-order valence-corrected chi connectivity index (χ2v) is 5.49. The minimum atomic E-state index is 0.250. The smallest absolute Gasteiger partial charge is 0.128 e. The van der Waals surface area contributed by atoms with Gasteiger partial charge < -0.3 is 4.90 Å². The average molecular weight is 340 g/mol. The van der Waals surface area contributed by atoms with Crippen molar-refractivity contribution >= 4 is 33.3 Å². The first kappa shape index (κ1) is 14.4. The quantitative estimate of drug-likeness (QED) is 0.742. The second-order valence-electron chi connectivity index (χ2n) is 4.50. The Morgan fingerprint density at radius 2 is 1.89 bits per heavy atom. The molecule has 0 aliphatic rings. The van der Waals surface area contributed by atoms with Crippen molar-refractivity contribution in [3.63, 3.8) is 0 Å². The first-order valence-corrected chi connectivity index (χ1v) is 7.61. The molecule has 0 aliphatic heterocycles. The lowest BCUT2D eigenvalue weighted by Crippen LogP contribution is -2.22. The Balaban J connectivity index is 2.17. The van der Waals surface area contributed by atoms with E-state index in [-0.39, 0.29) is 6.04 Å². The summed E-state index contributed by atoms with van der Waals surface area (Å²) in [5.74, 6) is 0.965. The van der Waals surface area contributed by atoms with Crippen LogP contribution in [0.15, 0.2) is 42.6 Å². The van der Waals surface area contributed by atoms with Crippen LogP contribution in [0.2, 0.25) is 5.02 Å². The molecular weight excluding hydrogens is 324 g/mol. The van der Waals surface area contributed by atoms with Crippen molar-refractivity contribution in [1.29, 1.82) is 0 Å². The van der Waals surface area contributed by atoms with Crippen LogP contribution in [-0.4, -0.2) is 12.0 Å². The molecule has 0 amide bonds. The average Bonchev–Trinajstić information content (AvgIpc) is 2.46. The van der Waals surface area contributed by atoms with Gasteiger partial charge in [0.25, 0.3) is 0 Å². The van der Waals surface area contributed by atoms with E-state index < -0.39 is 0 Å². The Labute approximate surface area is 127 Å². The summed E-state index contributed by atoms with van der Waals surface area (Å²) in [4.78, 5) is 6.64. The predicted molar refractivity (Wildman–Crippen MR) is 85.1 cm³/mol.